The minimum absolute atomic E-state index is 0.287. The van der Waals surface area contributed by atoms with Gasteiger partial charge in [-0.3, -0.25) is 19.9 Å². The number of aromatic nitrogens is 3. The highest BCUT2D eigenvalue weighted by atomic mass is 32.1. The van der Waals surface area contributed by atoms with Gasteiger partial charge in [0.2, 0.25) is 5.78 Å². The normalized spacial score (nSPS) is 13.6. The predicted molar refractivity (Wildman–Crippen MR) is 123 cm³/mol. The van der Waals surface area contributed by atoms with Crippen LogP contribution < -0.4 is 10.2 Å². The molecule has 1 saturated heterocycles. The third-order valence-electron chi connectivity index (χ3n) is 5.05. The molecule has 1 aliphatic rings. The van der Waals surface area contributed by atoms with E-state index in [1.165, 1.54) is 6.26 Å². The van der Waals surface area contributed by atoms with Crippen molar-refractivity contribution in [1.82, 2.24) is 15.0 Å². The Balaban J connectivity index is 1.42. The SMILES string of the molecule is O=C(Nc1nc(-c2ccco2)c(C(=O)c2ccccn2)s1)c1ccnc(N2CCOCC2)c1. The molecule has 166 valence electrons. The van der Waals surface area contributed by atoms with E-state index >= 15 is 0 Å². The third kappa shape index (κ3) is 4.52. The minimum atomic E-state index is -0.344. The van der Waals surface area contributed by atoms with Crippen molar-refractivity contribution in [3.63, 3.8) is 0 Å². The van der Waals surface area contributed by atoms with Gasteiger partial charge < -0.3 is 14.1 Å². The van der Waals surface area contributed by atoms with Crippen LogP contribution in [0.1, 0.15) is 25.7 Å². The molecule has 0 unspecified atom stereocenters. The zero-order valence-corrected chi connectivity index (χ0v) is 18.2. The molecule has 0 radical (unpaired) electrons. The quantitative estimate of drug-likeness (QED) is 0.434. The lowest BCUT2D eigenvalue weighted by Crippen LogP contribution is -2.36. The number of rotatable bonds is 6. The summed E-state index contributed by atoms with van der Waals surface area (Å²) in [5.74, 6) is 0.513. The third-order valence-corrected chi connectivity index (χ3v) is 6.02. The molecule has 10 heteroatoms. The number of pyridine rings is 2. The number of thiazole rings is 1. The van der Waals surface area contributed by atoms with Crippen LogP contribution in [-0.4, -0.2) is 52.9 Å². The molecular formula is C23H19N5O4S. The smallest absolute Gasteiger partial charge is 0.257 e. The minimum Gasteiger partial charge on any atom is -0.463 e. The first-order chi connectivity index (χ1) is 16.2. The molecule has 0 bridgehead atoms. The summed E-state index contributed by atoms with van der Waals surface area (Å²) in [7, 11) is 0. The predicted octanol–water partition coefficient (Wildman–Crippen LogP) is 3.51. The Bertz CT molecular complexity index is 1270. The van der Waals surface area contributed by atoms with Gasteiger partial charge in [0.1, 0.15) is 22.1 Å². The lowest BCUT2D eigenvalue weighted by atomic mass is 10.1. The number of ether oxygens (including phenoxy) is 1. The number of carbonyl (C=O) groups is 2. The van der Waals surface area contributed by atoms with E-state index in [2.05, 4.69) is 25.2 Å². The number of nitrogens with zero attached hydrogens (tertiary/aromatic N) is 4. The van der Waals surface area contributed by atoms with Gasteiger partial charge in [-0.05, 0) is 36.4 Å². The summed E-state index contributed by atoms with van der Waals surface area (Å²) in [6.45, 7) is 2.69. The van der Waals surface area contributed by atoms with Gasteiger partial charge >= 0.3 is 0 Å². The summed E-state index contributed by atoms with van der Waals surface area (Å²) in [6.07, 6.45) is 4.66. The van der Waals surface area contributed by atoms with Gasteiger partial charge in [-0.15, -0.1) is 0 Å². The largest absolute Gasteiger partial charge is 0.463 e. The molecule has 1 amide bonds. The van der Waals surface area contributed by atoms with Crippen molar-refractivity contribution in [2.24, 2.45) is 0 Å². The highest BCUT2D eigenvalue weighted by Crippen LogP contribution is 2.33. The second kappa shape index (κ2) is 9.31. The van der Waals surface area contributed by atoms with Gasteiger partial charge in [0.25, 0.3) is 5.91 Å². The van der Waals surface area contributed by atoms with Gasteiger partial charge in [0, 0.05) is 31.0 Å². The molecule has 4 aromatic rings. The van der Waals surface area contributed by atoms with Crippen molar-refractivity contribution >= 4 is 34.0 Å². The molecule has 0 spiro atoms. The van der Waals surface area contributed by atoms with E-state index in [1.54, 1.807) is 54.9 Å². The number of amides is 1. The Morgan fingerprint density at radius 1 is 1.03 bits per heavy atom. The van der Waals surface area contributed by atoms with E-state index in [9.17, 15) is 9.59 Å². The number of morpholine rings is 1. The molecule has 1 fully saturated rings. The van der Waals surface area contributed by atoms with Gasteiger partial charge in [0.05, 0.1) is 19.5 Å². The summed E-state index contributed by atoms with van der Waals surface area (Å²) < 4.78 is 10.8. The van der Waals surface area contributed by atoms with Crippen molar-refractivity contribution in [3.8, 4) is 11.5 Å². The number of anilines is 2. The second-order valence-corrected chi connectivity index (χ2v) is 8.17. The van der Waals surface area contributed by atoms with Crippen LogP contribution in [0.5, 0.6) is 0 Å². The number of ketones is 1. The van der Waals surface area contributed by atoms with Crippen molar-refractivity contribution in [2.75, 3.05) is 36.5 Å². The Labute approximate surface area is 193 Å². The lowest BCUT2D eigenvalue weighted by molar-refractivity contribution is 0.102. The Morgan fingerprint density at radius 3 is 2.67 bits per heavy atom. The molecule has 1 N–H and O–H groups in total. The fourth-order valence-electron chi connectivity index (χ4n) is 3.42. The van der Waals surface area contributed by atoms with Crippen molar-refractivity contribution < 1.29 is 18.7 Å². The van der Waals surface area contributed by atoms with E-state index in [0.717, 1.165) is 24.4 Å². The molecule has 9 nitrogen and oxygen atoms in total. The zero-order chi connectivity index (χ0) is 22.6. The van der Waals surface area contributed by atoms with Crippen molar-refractivity contribution in [1.29, 1.82) is 0 Å². The molecule has 0 saturated carbocycles. The number of hydrogen-bond acceptors (Lipinski definition) is 9. The molecular weight excluding hydrogens is 442 g/mol. The average Bonchev–Trinajstić information content (AvgIpc) is 3.55. The maximum absolute atomic E-state index is 13.1. The Hall–Kier alpha value is -3.89. The van der Waals surface area contributed by atoms with Gasteiger partial charge in [-0.2, -0.15) is 0 Å². The van der Waals surface area contributed by atoms with Crippen LogP contribution >= 0.6 is 11.3 Å². The first kappa shape index (κ1) is 21.0. The first-order valence-electron chi connectivity index (χ1n) is 10.3. The summed E-state index contributed by atoms with van der Waals surface area (Å²) in [5.41, 5.74) is 1.09. The standard InChI is InChI=1S/C23H19N5O4S/c29-20(16-4-1-2-7-24-16)21-19(17-5-3-11-32-17)26-23(33-21)27-22(30)15-6-8-25-18(14-15)28-9-12-31-13-10-28/h1-8,11,14H,9-10,12-13H2,(H,26,27,30). The summed E-state index contributed by atoms with van der Waals surface area (Å²) in [4.78, 5) is 41.4. The molecule has 0 aromatic carbocycles. The van der Waals surface area contributed by atoms with Crippen LogP contribution in [0.4, 0.5) is 10.9 Å². The molecule has 5 heterocycles. The van der Waals surface area contributed by atoms with E-state index < -0.39 is 0 Å². The zero-order valence-electron chi connectivity index (χ0n) is 17.4. The van der Waals surface area contributed by atoms with Crippen molar-refractivity contribution in [3.05, 3.63) is 77.3 Å². The number of furan rings is 1. The fourth-order valence-corrected chi connectivity index (χ4v) is 4.33. The monoisotopic (exact) mass is 461 g/mol. The lowest BCUT2D eigenvalue weighted by Gasteiger charge is -2.27. The van der Waals surface area contributed by atoms with Crippen LogP contribution in [0.15, 0.2) is 65.5 Å². The van der Waals surface area contributed by atoms with Crippen LogP contribution in [0.3, 0.4) is 0 Å². The maximum Gasteiger partial charge on any atom is 0.257 e. The topological polar surface area (TPSA) is 110 Å². The van der Waals surface area contributed by atoms with E-state index in [-0.39, 0.29) is 22.5 Å². The second-order valence-electron chi connectivity index (χ2n) is 7.17. The molecule has 4 aromatic heterocycles. The molecule has 0 aliphatic carbocycles. The van der Waals surface area contributed by atoms with E-state index in [1.807, 2.05) is 0 Å². The molecule has 33 heavy (non-hydrogen) atoms. The summed E-state index contributed by atoms with van der Waals surface area (Å²) in [6, 6.07) is 11.9. The Kier molecular flexibility index (Phi) is 5.92. The number of hydrogen-bond donors (Lipinski definition) is 1. The maximum atomic E-state index is 13.1. The molecule has 0 atom stereocenters. The highest BCUT2D eigenvalue weighted by Gasteiger charge is 2.24. The van der Waals surface area contributed by atoms with E-state index in [4.69, 9.17) is 9.15 Å². The van der Waals surface area contributed by atoms with Crippen LogP contribution in [-0.2, 0) is 4.74 Å². The fraction of sp³-hybridized carbons (Fsp3) is 0.174. The number of nitrogens with one attached hydrogen (secondary N) is 1. The van der Waals surface area contributed by atoms with E-state index in [0.29, 0.717) is 40.9 Å². The van der Waals surface area contributed by atoms with Gasteiger partial charge in [-0.25, -0.2) is 9.97 Å². The average molecular weight is 462 g/mol. The van der Waals surface area contributed by atoms with Crippen molar-refractivity contribution in [2.45, 2.75) is 0 Å². The summed E-state index contributed by atoms with van der Waals surface area (Å²) in [5, 5.41) is 3.09. The highest BCUT2D eigenvalue weighted by molar-refractivity contribution is 7.18. The van der Waals surface area contributed by atoms with Crippen LogP contribution in [0.2, 0.25) is 0 Å². The Morgan fingerprint density at radius 2 is 1.91 bits per heavy atom. The summed E-state index contributed by atoms with van der Waals surface area (Å²) >= 11 is 1.08. The van der Waals surface area contributed by atoms with Gasteiger partial charge in [0.15, 0.2) is 10.9 Å². The molecule has 1 aliphatic heterocycles. The van der Waals surface area contributed by atoms with Crippen LogP contribution in [0, 0.1) is 0 Å². The first-order valence-corrected chi connectivity index (χ1v) is 11.1. The van der Waals surface area contributed by atoms with Gasteiger partial charge in [-0.1, -0.05) is 17.4 Å². The molecule has 5 rings (SSSR count). The van der Waals surface area contributed by atoms with Crippen LogP contribution in [0.25, 0.3) is 11.5 Å². The number of carbonyl (C=O) groups excluding carboxylic acids is 2.